The summed E-state index contributed by atoms with van der Waals surface area (Å²) in [5.74, 6) is 0.998. The standard InChI is InChI=1S/C23H17FO4/c1-26-19-9-4-16(5-10-19)21-12-17-6-11-20(13-22(17)28-23(21)25)27-14-15-2-7-18(24)8-3-15/h2-13H,14H2,1H3. The molecule has 0 atom stereocenters. The number of halogens is 1. The van der Waals surface area contributed by atoms with Gasteiger partial charge in [0, 0.05) is 11.5 Å². The van der Waals surface area contributed by atoms with Crippen molar-refractivity contribution in [2.75, 3.05) is 7.11 Å². The minimum Gasteiger partial charge on any atom is -0.497 e. The van der Waals surface area contributed by atoms with E-state index in [1.165, 1.54) is 12.1 Å². The molecule has 0 bridgehead atoms. The maximum Gasteiger partial charge on any atom is 0.344 e. The first-order chi connectivity index (χ1) is 13.6. The molecule has 3 aromatic carbocycles. The van der Waals surface area contributed by atoms with Crippen molar-refractivity contribution < 1.29 is 18.3 Å². The summed E-state index contributed by atoms with van der Waals surface area (Å²) in [6, 6.07) is 20.5. The molecule has 0 fully saturated rings. The van der Waals surface area contributed by atoms with Crippen molar-refractivity contribution >= 4 is 11.0 Å². The fraction of sp³-hybridized carbons (Fsp3) is 0.0870. The van der Waals surface area contributed by atoms with Gasteiger partial charge in [-0.3, -0.25) is 0 Å². The summed E-state index contributed by atoms with van der Waals surface area (Å²) in [5.41, 5.74) is 2.10. The van der Waals surface area contributed by atoms with Gasteiger partial charge in [-0.15, -0.1) is 0 Å². The normalized spacial score (nSPS) is 10.8. The van der Waals surface area contributed by atoms with Crippen molar-refractivity contribution in [3.05, 3.63) is 94.6 Å². The smallest absolute Gasteiger partial charge is 0.344 e. The van der Waals surface area contributed by atoms with Crippen molar-refractivity contribution in [3.8, 4) is 22.6 Å². The highest BCUT2D eigenvalue weighted by molar-refractivity contribution is 5.82. The average Bonchev–Trinajstić information content (AvgIpc) is 2.73. The van der Waals surface area contributed by atoms with Gasteiger partial charge in [-0.1, -0.05) is 24.3 Å². The fourth-order valence-electron chi connectivity index (χ4n) is 2.90. The number of fused-ring (bicyclic) bond motifs is 1. The van der Waals surface area contributed by atoms with Crippen molar-refractivity contribution in [3.63, 3.8) is 0 Å². The molecule has 4 rings (SSSR count). The molecule has 0 saturated heterocycles. The van der Waals surface area contributed by atoms with Gasteiger partial charge < -0.3 is 13.9 Å². The lowest BCUT2D eigenvalue weighted by molar-refractivity contribution is 0.306. The molecule has 1 heterocycles. The van der Waals surface area contributed by atoms with Gasteiger partial charge in [0.05, 0.1) is 12.7 Å². The second-order valence-electron chi connectivity index (χ2n) is 6.29. The van der Waals surface area contributed by atoms with Crippen LogP contribution in [-0.4, -0.2) is 7.11 Å². The van der Waals surface area contributed by atoms with Crippen LogP contribution in [0.5, 0.6) is 11.5 Å². The monoisotopic (exact) mass is 376 g/mol. The Kier molecular flexibility index (Phi) is 4.81. The Morgan fingerprint density at radius 3 is 2.32 bits per heavy atom. The minimum atomic E-state index is -0.423. The maximum absolute atomic E-state index is 13.0. The molecule has 0 aliphatic rings. The molecule has 4 aromatic rings. The highest BCUT2D eigenvalue weighted by atomic mass is 19.1. The Hall–Kier alpha value is -3.60. The van der Waals surface area contributed by atoms with Crippen LogP contribution in [0.25, 0.3) is 22.1 Å². The fourth-order valence-corrected chi connectivity index (χ4v) is 2.90. The molecular weight excluding hydrogens is 359 g/mol. The summed E-state index contributed by atoms with van der Waals surface area (Å²) in [6.07, 6.45) is 0. The molecule has 0 N–H and O–H groups in total. The van der Waals surface area contributed by atoms with Crippen molar-refractivity contribution in [1.29, 1.82) is 0 Å². The summed E-state index contributed by atoms with van der Waals surface area (Å²) < 4.78 is 29.3. The molecule has 0 amide bonds. The second-order valence-corrected chi connectivity index (χ2v) is 6.29. The maximum atomic E-state index is 13.0. The van der Waals surface area contributed by atoms with E-state index in [1.54, 1.807) is 43.5 Å². The zero-order chi connectivity index (χ0) is 19.5. The van der Waals surface area contributed by atoms with E-state index in [9.17, 15) is 9.18 Å². The number of hydrogen-bond donors (Lipinski definition) is 0. The first-order valence-electron chi connectivity index (χ1n) is 8.72. The highest BCUT2D eigenvalue weighted by Crippen LogP contribution is 2.26. The third kappa shape index (κ3) is 3.74. The lowest BCUT2D eigenvalue weighted by Gasteiger charge is -2.08. The van der Waals surface area contributed by atoms with Gasteiger partial charge in [0.25, 0.3) is 0 Å². The van der Waals surface area contributed by atoms with E-state index < -0.39 is 5.63 Å². The van der Waals surface area contributed by atoms with Crippen LogP contribution in [0.15, 0.2) is 82.0 Å². The lowest BCUT2D eigenvalue weighted by atomic mass is 10.1. The van der Waals surface area contributed by atoms with Crippen molar-refractivity contribution in [2.24, 2.45) is 0 Å². The van der Waals surface area contributed by atoms with E-state index in [-0.39, 0.29) is 5.82 Å². The second kappa shape index (κ2) is 7.56. The predicted octanol–water partition coefficient (Wildman–Crippen LogP) is 5.19. The molecule has 5 heteroatoms. The zero-order valence-corrected chi connectivity index (χ0v) is 15.1. The first kappa shape index (κ1) is 17.8. The van der Waals surface area contributed by atoms with Gasteiger partial charge in [-0.2, -0.15) is 0 Å². The van der Waals surface area contributed by atoms with Crippen LogP contribution < -0.4 is 15.1 Å². The van der Waals surface area contributed by atoms with Crippen LogP contribution in [0.2, 0.25) is 0 Å². The summed E-state index contributed by atoms with van der Waals surface area (Å²) in [4.78, 5) is 12.4. The van der Waals surface area contributed by atoms with Crippen LogP contribution in [0.4, 0.5) is 4.39 Å². The summed E-state index contributed by atoms with van der Waals surface area (Å²) in [6.45, 7) is 0.292. The Balaban J connectivity index is 1.59. The summed E-state index contributed by atoms with van der Waals surface area (Å²) in [5, 5.41) is 0.791. The number of rotatable bonds is 5. The van der Waals surface area contributed by atoms with Crippen LogP contribution in [-0.2, 0) is 6.61 Å². The van der Waals surface area contributed by atoms with Crippen LogP contribution in [0.3, 0.4) is 0 Å². The molecule has 0 aliphatic heterocycles. The van der Waals surface area contributed by atoms with Crippen LogP contribution in [0, 0.1) is 5.82 Å². The number of methoxy groups -OCH3 is 1. The third-order valence-corrected chi connectivity index (χ3v) is 4.43. The Morgan fingerprint density at radius 2 is 1.61 bits per heavy atom. The largest absolute Gasteiger partial charge is 0.497 e. The molecule has 28 heavy (non-hydrogen) atoms. The van der Waals surface area contributed by atoms with Gasteiger partial charge in [-0.05, 0) is 53.6 Å². The van der Waals surface area contributed by atoms with Gasteiger partial charge in [0.1, 0.15) is 29.5 Å². The van der Waals surface area contributed by atoms with E-state index in [0.29, 0.717) is 23.5 Å². The summed E-state index contributed by atoms with van der Waals surface area (Å²) >= 11 is 0. The SMILES string of the molecule is COc1ccc(-c2cc3ccc(OCc4ccc(F)cc4)cc3oc2=O)cc1. The molecule has 4 nitrogen and oxygen atoms in total. The van der Waals surface area contributed by atoms with Gasteiger partial charge in [0.15, 0.2) is 0 Å². The first-order valence-corrected chi connectivity index (χ1v) is 8.72. The van der Waals surface area contributed by atoms with Crippen LogP contribution in [0.1, 0.15) is 5.56 Å². The van der Waals surface area contributed by atoms with Crippen molar-refractivity contribution in [2.45, 2.75) is 6.61 Å². The molecular formula is C23H17FO4. The molecule has 140 valence electrons. The van der Waals surface area contributed by atoms with E-state index in [0.717, 1.165) is 22.3 Å². The average molecular weight is 376 g/mol. The Morgan fingerprint density at radius 1 is 0.893 bits per heavy atom. The van der Waals surface area contributed by atoms with Crippen molar-refractivity contribution in [1.82, 2.24) is 0 Å². The molecule has 0 saturated carbocycles. The predicted molar refractivity (Wildman–Crippen MR) is 105 cm³/mol. The number of hydrogen-bond acceptors (Lipinski definition) is 4. The molecule has 1 aromatic heterocycles. The third-order valence-electron chi connectivity index (χ3n) is 4.43. The molecule has 0 spiro atoms. The van der Waals surface area contributed by atoms with Gasteiger partial charge >= 0.3 is 5.63 Å². The summed E-state index contributed by atoms with van der Waals surface area (Å²) in [7, 11) is 1.59. The Bertz CT molecular complexity index is 1160. The number of ether oxygens (including phenoxy) is 2. The zero-order valence-electron chi connectivity index (χ0n) is 15.1. The van der Waals surface area contributed by atoms with E-state index in [1.807, 2.05) is 24.3 Å². The van der Waals surface area contributed by atoms with Crippen LogP contribution >= 0.6 is 0 Å². The van der Waals surface area contributed by atoms with Gasteiger partial charge in [0.2, 0.25) is 0 Å². The topological polar surface area (TPSA) is 48.7 Å². The Labute approximate surface area is 160 Å². The minimum absolute atomic E-state index is 0.288. The molecule has 0 unspecified atom stereocenters. The lowest BCUT2D eigenvalue weighted by Crippen LogP contribution is -2.03. The van der Waals surface area contributed by atoms with E-state index in [4.69, 9.17) is 13.9 Å². The molecule has 0 aliphatic carbocycles. The van der Waals surface area contributed by atoms with Gasteiger partial charge in [-0.25, -0.2) is 9.18 Å². The van der Waals surface area contributed by atoms with E-state index in [2.05, 4.69) is 0 Å². The quantitative estimate of drug-likeness (QED) is 0.450. The number of benzene rings is 3. The van der Waals surface area contributed by atoms with E-state index >= 15 is 0 Å². The highest BCUT2D eigenvalue weighted by Gasteiger charge is 2.09. The molecule has 0 radical (unpaired) electrons.